The van der Waals surface area contributed by atoms with Crippen molar-refractivity contribution in [3.8, 4) is 5.82 Å². The van der Waals surface area contributed by atoms with E-state index in [1.807, 2.05) is 19.3 Å². The topological polar surface area (TPSA) is 61.4 Å². The van der Waals surface area contributed by atoms with Crippen molar-refractivity contribution in [1.29, 1.82) is 0 Å². The van der Waals surface area contributed by atoms with Crippen LogP contribution >= 0.6 is 11.6 Å². The molecule has 0 N–H and O–H groups in total. The molecule has 0 aliphatic carbocycles. The number of nitrogens with zero attached hydrogens (tertiary/aromatic N) is 6. The Bertz CT molecular complexity index is 698. The van der Waals surface area contributed by atoms with Gasteiger partial charge in [-0.05, 0) is 6.92 Å². The van der Waals surface area contributed by atoms with Crippen molar-refractivity contribution in [3.05, 3.63) is 29.4 Å². The van der Waals surface area contributed by atoms with Crippen molar-refractivity contribution >= 4 is 22.6 Å². The fourth-order valence-electron chi connectivity index (χ4n) is 1.62. The van der Waals surface area contributed by atoms with E-state index in [9.17, 15) is 0 Å². The van der Waals surface area contributed by atoms with Crippen LogP contribution in [0, 0.1) is 6.92 Å². The summed E-state index contributed by atoms with van der Waals surface area (Å²) < 4.78 is 3.35. The van der Waals surface area contributed by atoms with E-state index in [1.165, 1.54) is 0 Å². The van der Waals surface area contributed by atoms with Crippen LogP contribution in [0.4, 0.5) is 0 Å². The van der Waals surface area contributed by atoms with Crippen LogP contribution in [0.25, 0.3) is 16.9 Å². The molecule has 0 fully saturated rings. The van der Waals surface area contributed by atoms with Gasteiger partial charge in [-0.25, -0.2) is 14.6 Å². The highest BCUT2D eigenvalue weighted by Crippen LogP contribution is 2.20. The molecule has 0 aliphatic rings. The first-order chi connectivity index (χ1) is 8.13. The molecule has 3 aromatic rings. The van der Waals surface area contributed by atoms with Crippen LogP contribution in [-0.4, -0.2) is 29.5 Å². The Morgan fingerprint density at radius 2 is 2.06 bits per heavy atom. The van der Waals surface area contributed by atoms with Crippen LogP contribution in [0.15, 0.2) is 18.5 Å². The van der Waals surface area contributed by atoms with Crippen LogP contribution in [0.3, 0.4) is 0 Å². The van der Waals surface area contributed by atoms with Gasteiger partial charge in [0, 0.05) is 25.5 Å². The van der Waals surface area contributed by atoms with Crippen molar-refractivity contribution in [3.63, 3.8) is 0 Å². The standard InChI is InChI=1S/C10H9ClN6/c1-6-12-9(11)7-5-17(15-10(7)13-6)8-3-4-16(2)14-8/h3-5H,1-2H3. The normalized spacial score (nSPS) is 11.2. The van der Waals surface area contributed by atoms with E-state index in [0.29, 0.717) is 16.6 Å². The summed E-state index contributed by atoms with van der Waals surface area (Å²) in [4.78, 5) is 8.32. The Morgan fingerprint density at radius 1 is 1.24 bits per heavy atom. The predicted molar refractivity (Wildman–Crippen MR) is 63.2 cm³/mol. The summed E-state index contributed by atoms with van der Waals surface area (Å²) in [6, 6.07) is 1.86. The van der Waals surface area contributed by atoms with Crippen LogP contribution in [0.1, 0.15) is 5.82 Å². The molecule has 0 spiro atoms. The molecule has 7 heteroatoms. The monoisotopic (exact) mass is 248 g/mol. The largest absolute Gasteiger partial charge is 0.274 e. The summed E-state index contributed by atoms with van der Waals surface area (Å²) >= 11 is 6.04. The van der Waals surface area contributed by atoms with Gasteiger partial charge in [-0.15, -0.1) is 5.10 Å². The van der Waals surface area contributed by atoms with E-state index in [2.05, 4.69) is 20.2 Å². The SMILES string of the molecule is Cc1nc(Cl)c2cn(-c3ccn(C)n3)nc2n1. The lowest BCUT2D eigenvalue weighted by Crippen LogP contribution is -1.97. The fourth-order valence-corrected chi connectivity index (χ4v) is 1.87. The molecule has 0 bridgehead atoms. The lowest BCUT2D eigenvalue weighted by atomic mass is 10.4. The third kappa shape index (κ3) is 1.66. The molecule has 0 saturated carbocycles. The third-order valence-corrected chi connectivity index (χ3v) is 2.67. The minimum atomic E-state index is 0.412. The van der Waals surface area contributed by atoms with Crippen molar-refractivity contribution in [1.82, 2.24) is 29.5 Å². The van der Waals surface area contributed by atoms with Crippen molar-refractivity contribution in [2.24, 2.45) is 7.05 Å². The van der Waals surface area contributed by atoms with Gasteiger partial charge >= 0.3 is 0 Å². The molecule has 0 atom stereocenters. The summed E-state index contributed by atoms with van der Waals surface area (Å²) in [6.45, 7) is 1.78. The highest BCUT2D eigenvalue weighted by molar-refractivity contribution is 6.33. The zero-order chi connectivity index (χ0) is 12.0. The number of halogens is 1. The number of hydrogen-bond acceptors (Lipinski definition) is 4. The van der Waals surface area contributed by atoms with Crippen LogP contribution in [-0.2, 0) is 7.05 Å². The molecule has 0 amide bonds. The van der Waals surface area contributed by atoms with E-state index in [1.54, 1.807) is 22.5 Å². The van der Waals surface area contributed by atoms with E-state index < -0.39 is 0 Å². The fraction of sp³-hybridized carbons (Fsp3) is 0.200. The molecule has 3 rings (SSSR count). The molecule has 0 aromatic carbocycles. The van der Waals surface area contributed by atoms with Gasteiger partial charge in [-0.3, -0.25) is 4.68 Å². The van der Waals surface area contributed by atoms with Crippen LogP contribution in [0.2, 0.25) is 5.15 Å². The molecular weight excluding hydrogens is 240 g/mol. The smallest absolute Gasteiger partial charge is 0.186 e. The molecule has 0 unspecified atom stereocenters. The Hall–Kier alpha value is -1.95. The van der Waals surface area contributed by atoms with Crippen molar-refractivity contribution in [2.75, 3.05) is 0 Å². The predicted octanol–water partition coefficient (Wildman–Crippen LogP) is 1.51. The molecular formula is C10H9ClN6. The maximum Gasteiger partial charge on any atom is 0.186 e. The second-order valence-corrected chi connectivity index (χ2v) is 4.08. The van der Waals surface area contributed by atoms with E-state index in [0.717, 1.165) is 11.2 Å². The molecule has 0 aliphatic heterocycles. The minimum absolute atomic E-state index is 0.412. The maximum absolute atomic E-state index is 6.04. The molecule has 3 heterocycles. The summed E-state index contributed by atoms with van der Waals surface area (Å²) in [6.07, 6.45) is 3.62. The first-order valence-electron chi connectivity index (χ1n) is 5.03. The van der Waals surface area contributed by atoms with E-state index in [4.69, 9.17) is 11.6 Å². The van der Waals surface area contributed by atoms with Gasteiger partial charge in [0.05, 0.1) is 5.39 Å². The van der Waals surface area contributed by atoms with Gasteiger partial charge in [0.15, 0.2) is 11.5 Å². The van der Waals surface area contributed by atoms with Gasteiger partial charge in [-0.1, -0.05) is 11.6 Å². The first kappa shape index (κ1) is 10.2. The minimum Gasteiger partial charge on any atom is -0.274 e. The number of rotatable bonds is 1. The van der Waals surface area contributed by atoms with Gasteiger partial charge in [0.25, 0.3) is 0 Å². The lowest BCUT2D eigenvalue weighted by Gasteiger charge is -1.92. The van der Waals surface area contributed by atoms with Crippen molar-refractivity contribution in [2.45, 2.75) is 6.92 Å². The molecule has 6 nitrogen and oxygen atoms in total. The maximum atomic E-state index is 6.04. The number of hydrogen-bond donors (Lipinski definition) is 0. The second-order valence-electron chi connectivity index (χ2n) is 3.72. The average molecular weight is 249 g/mol. The molecule has 86 valence electrons. The Labute approximate surface area is 102 Å². The van der Waals surface area contributed by atoms with Gasteiger partial charge in [-0.2, -0.15) is 5.10 Å². The van der Waals surface area contributed by atoms with Crippen LogP contribution in [0.5, 0.6) is 0 Å². The first-order valence-corrected chi connectivity index (χ1v) is 5.41. The van der Waals surface area contributed by atoms with Gasteiger partial charge < -0.3 is 0 Å². The lowest BCUT2D eigenvalue weighted by molar-refractivity contribution is 0.733. The zero-order valence-electron chi connectivity index (χ0n) is 9.29. The number of aromatic nitrogens is 6. The molecule has 0 saturated heterocycles. The summed E-state index contributed by atoms with van der Waals surface area (Å²) in [5.41, 5.74) is 0.577. The summed E-state index contributed by atoms with van der Waals surface area (Å²) in [5, 5.41) is 9.71. The van der Waals surface area contributed by atoms with E-state index >= 15 is 0 Å². The molecule has 3 aromatic heterocycles. The highest BCUT2D eigenvalue weighted by atomic mass is 35.5. The second kappa shape index (κ2) is 3.53. The molecule has 0 radical (unpaired) electrons. The zero-order valence-corrected chi connectivity index (χ0v) is 10.0. The number of fused-ring (bicyclic) bond motifs is 1. The summed E-state index contributed by atoms with van der Waals surface area (Å²) in [7, 11) is 1.85. The Morgan fingerprint density at radius 3 is 2.76 bits per heavy atom. The quantitative estimate of drug-likeness (QED) is 0.613. The Kier molecular flexibility index (Phi) is 2.12. The summed E-state index contributed by atoms with van der Waals surface area (Å²) in [5.74, 6) is 1.33. The van der Waals surface area contributed by atoms with E-state index in [-0.39, 0.29) is 0 Å². The molecule has 17 heavy (non-hydrogen) atoms. The van der Waals surface area contributed by atoms with Gasteiger partial charge in [0.1, 0.15) is 11.0 Å². The third-order valence-electron chi connectivity index (χ3n) is 2.38. The highest BCUT2D eigenvalue weighted by Gasteiger charge is 2.10. The van der Waals surface area contributed by atoms with Crippen molar-refractivity contribution < 1.29 is 0 Å². The number of aryl methyl sites for hydroxylation is 2. The average Bonchev–Trinajstić information content (AvgIpc) is 2.83. The Balaban J connectivity index is 2.23. The van der Waals surface area contributed by atoms with Gasteiger partial charge in [0.2, 0.25) is 0 Å². The van der Waals surface area contributed by atoms with Crippen LogP contribution < -0.4 is 0 Å².